The van der Waals surface area contributed by atoms with Gasteiger partial charge in [0.15, 0.2) is 0 Å². The lowest BCUT2D eigenvalue weighted by Gasteiger charge is -2.20. The lowest BCUT2D eigenvalue weighted by molar-refractivity contribution is 0.215. The van der Waals surface area contributed by atoms with Gasteiger partial charge in [-0.25, -0.2) is 9.37 Å². The van der Waals surface area contributed by atoms with Gasteiger partial charge in [-0.15, -0.1) is 11.3 Å². The molecule has 0 aromatic carbocycles. The summed E-state index contributed by atoms with van der Waals surface area (Å²) in [5.74, 6) is 0.486. The Morgan fingerprint density at radius 3 is 2.93 bits per heavy atom. The first kappa shape index (κ1) is 11.0. The van der Waals surface area contributed by atoms with Gasteiger partial charge in [-0.3, -0.25) is 0 Å². The highest BCUT2D eigenvalue weighted by Gasteiger charge is 2.25. The van der Waals surface area contributed by atoms with E-state index in [1.165, 1.54) is 12.8 Å². The lowest BCUT2D eigenvalue weighted by atomic mass is 10.0. The minimum absolute atomic E-state index is 0.486. The first-order valence-electron chi connectivity index (χ1n) is 5.43. The number of piperidine rings is 1. The van der Waals surface area contributed by atoms with E-state index >= 15 is 0 Å². The summed E-state index contributed by atoms with van der Waals surface area (Å²) in [6.07, 6.45) is 2.37. The summed E-state index contributed by atoms with van der Waals surface area (Å²) in [5.41, 5.74) is -0.732. The predicted molar refractivity (Wildman–Crippen MR) is 61.1 cm³/mol. The fourth-order valence-corrected chi connectivity index (χ4v) is 2.92. The zero-order valence-corrected chi connectivity index (χ0v) is 10.0. The maximum Gasteiger partial charge on any atom is 0.148 e. The molecule has 1 aliphatic rings. The predicted octanol–water partition coefficient (Wildman–Crippen LogP) is 2.81. The van der Waals surface area contributed by atoms with Crippen LogP contribution in [-0.2, 0) is 5.67 Å². The summed E-state index contributed by atoms with van der Waals surface area (Å²) in [6, 6.07) is 0. The summed E-state index contributed by atoms with van der Waals surface area (Å²) in [4.78, 5) is 4.41. The number of nitrogens with zero attached hydrogens (tertiary/aromatic N) is 1. The second-order valence-electron chi connectivity index (χ2n) is 4.59. The first-order valence-corrected chi connectivity index (χ1v) is 6.31. The van der Waals surface area contributed by atoms with Gasteiger partial charge < -0.3 is 5.32 Å². The molecular weight excluding hydrogens is 211 g/mol. The van der Waals surface area contributed by atoms with Gasteiger partial charge in [0.2, 0.25) is 0 Å². The minimum atomic E-state index is -1.31. The van der Waals surface area contributed by atoms with Gasteiger partial charge in [0.1, 0.15) is 5.67 Å². The highest BCUT2D eigenvalue weighted by molar-refractivity contribution is 7.09. The van der Waals surface area contributed by atoms with Gasteiger partial charge in [-0.1, -0.05) is 0 Å². The van der Waals surface area contributed by atoms with Gasteiger partial charge in [-0.05, 0) is 33.2 Å². The topological polar surface area (TPSA) is 24.9 Å². The Morgan fingerprint density at radius 2 is 2.40 bits per heavy atom. The second-order valence-corrected chi connectivity index (χ2v) is 5.48. The fourth-order valence-electron chi connectivity index (χ4n) is 1.81. The van der Waals surface area contributed by atoms with Gasteiger partial charge in [-0.2, -0.15) is 0 Å². The molecule has 0 saturated carbocycles. The Morgan fingerprint density at radius 1 is 1.60 bits per heavy atom. The Balaban J connectivity index is 2.12. The van der Waals surface area contributed by atoms with Crippen molar-refractivity contribution in [2.45, 2.75) is 38.3 Å². The monoisotopic (exact) mass is 228 g/mol. The highest BCUT2D eigenvalue weighted by atomic mass is 32.1. The number of nitrogens with one attached hydrogen (secondary N) is 1. The minimum Gasteiger partial charge on any atom is -0.316 e. The maximum absolute atomic E-state index is 13.6. The Bertz CT molecular complexity index is 324. The Kier molecular flexibility index (Phi) is 3.07. The SMILES string of the molecule is CC(C)(F)c1csc(C2CCCNC2)n1. The van der Waals surface area contributed by atoms with E-state index in [4.69, 9.17) is 0 Å². The summed E-state index contributed by atoms with van der Waals surface area (Å²) in [6.45, 7) is 5.21. The molecule has 15 heavy (non-hydrogen) atoms. The third-order valence-electron chi connectivity index (χ3n) is 2.78. The average molecular weight is 228 g/mol. The molecule has 0 aliphatic carbocycles. The number of hydrogen-bond donors (Lipinski definition) is 1. The molecule has 2 rings (SSSR count). The molecule has 1 fully saturated rings. The highest BCUT2D eigenvalue weighted by Crippen LogP contribution is 2.31. The standard InChI is InChI=1S/C11H17FN2S/c1-11(2,12)9-7-15-10(14-9)8-4-3-5-13-6-8/h7-8,13H,3-6H2,1-2H3. The van der Waals surface area contributed by atoms with Crippen molar-refractivity contribution in [2.24, 2.45) is 0 Å². The van der Waals surface area contributed by atoms with Crippen molar-refractivity contribution in [3.63, 3.8) is 0 Å². The quantitative estimate of drug-likeness (QED) is 0.842. The van der Waals surface area contributed by atoms with Crippen LogP contribution < -0.4 is 5.32 Å². The van der Waals surface area contributed by atoms with Gasteiger partial charge in [0.25, 0.3) is 0 Å². The van der Waals surface area contributed by atoms with Crippen molar-refractivity contribution in [3.8, 4) is 0 Å². The smallest absolute Gasteiger partial charge is 0.148 e. The Hall–Kier alpha value is -0.480. The number of alkyl halides is 1. The molecule has 1 aromatic heterocycles. The van der Waals surface area contributed by atoms with Crippen LogP contribution in [0.15, 0.2) is 5.38 Å². The molecule has 84 valence electrons. The van der Waals surface area contributed by atoms with Gasteiger partial charge >= 0.3 is 0 Å². The fraction of sp³-hybridized carbons (Fsp3) is 0.727. The van der Waals surface area contributed by atoms with Crippen LogP contribution in [0.25, 0.3) is 0 Å². The van der Waals surface area contributed by atoms with E-state index in [0.717, 1.165) is 18.1 Å². The third kappa shape index (κ3) is 2.55. The summed E-state index contributed by atoms with van der Waals surface area (Å²) in [7, 11) is 0. The van der Waals surface area contributed by atoms with Crippen molar-refractivity contribution in [1.82, 2.24) is 10.3 Å². The lowest BCUT2D eigenvalue weighted by Crippen LogP contribution is -2.28. The number of hydrogen-bond acceptors (Lipinski definition) is 3. The molecule has 1 saturated heterocycles. The van der Waals surface area contributed by atoms with Crippen molar-refractivity contribution in [3.05, 3.63) is 16.1 Å². The van der Waals surface area contributed by atoms with E-state index in [1.54, 1.807) is 25.2 Å². The van der Waals surface area contributed by atoms with Crippen LogP contribution >= 0.6 is 11.3 Å². The molecule has 0 amide bonds. The summed E-state index contributed by atoms with van der Waals surface area (Å²) < 4.78 is 13.6. The number of aromatic nitrogens is 1. The maximum atomic E-state index is 13.6. The molecule has 0 radical (unpaired) electrons. The normalized spacial score (nSPS) is 23.0. The first-order chi connectivity index (χ1) is 7.07. The van der Waals surface area contributed by atoms with Crippen molar-refractivity contribution >= 4 is 11.3 Å². The van der Waals surface area contributed by atoms with E-state index in [9.17, 15) is 4.39 Å². The van der Waals surface area contributed by atoms with Crippen LogP contribution in [0.4, 0.5) is 4.39 Å². The van der Waals surface area contributed by atoms with E-state index in [-0.39, 0.29) is 0 Å². The molecule has 2 nitrogen and oxygen atoms in total. The van der Waals surface area contributed by atoms with E-state index in [0.29, 0.717) is 11.6 Å². The average Bonchev–Trinajstić information content (AvgIpc) is 2.67. The molecular formula is C11H17FN2S. The molecule has 1 atom stereocenters. The molecule has 1 N–H and O–H groups in total. The van der Waals surface area contributed by atoms with Gasteiger partial charge in [0.05, 0.1) is 10.7 Å². The van der Waals surface area contributed by atoms with E-state index in [1.807, 2.05) is 5.38 Å². The molecule has 1 aromatic rings. The van der Waals surface area contributed by atoms with E-state index < -0.39 is 5.67 Å². The van der Waals surface area contributed by atoms with Crippen LogP contribution in [-0.4, -0.2) is 18.1 Å². The molecule has 0 bridgehead atoms. The van der Waals surface area contributed by atoms with Crippen LogP contribution in [0.1, 0.15) is 43.3 Å². The van der Waals surface area contributed by atoms with Crippen LogP contribution in [0.2, 0.25) is 0 Å². The van der Waals surface area contributed by atoms with Crippen molar-refractivity contribution in [1.29, 1.82) is 0 Å². The molecule has 1 aliphatic heterocycles. The number of rotatable bonds is 2. The number of thiazole rings is 1. The molecule has 0 spiro atoms. The third-order valence-corrected chi connectivity index (χ3v) is 3.78. The zero-order valence-electron chi connectivity index (χ0n) is 9.22. The molecule has 2 heterocycles. The summed E-state index contributed by atoms with van der Waals surface area (Å²) in [5, 5.41) is 6.29. The second kappa shape index (κ2) is 4.18. The van der Waals surface area contributed by atoms with Crippen LogP contribution in [0.3, 0.4) is 0 Å². The zero-order chi connectivity index (χ0) is 10.9. The van der Waals surface area contributed by atoms with Crippen LogP contribution in [0.5, 0.6) is 0 Å². The van der Waals surface area contributed by atoms with E-state index in [2.05, 4.69) is 10.3 Å². The van der Waals surface area contributed by atoms with Crippen molar-refractivity contribution < 1.29 is 4.39 Å². The van der Waals surface area contributed by atoms with Crippen molar-refractivity contribution in [2.75, 3.05) is 13.1 Å². The Labute approximate surface area is 93.9 Å². The number of halogens is 1. The summed E-state index contributed by atoms with van der Waals surface area (Å²) >= 11 is 1.59. The molecule has 4 heteroatoms. The molecule has 1 unspecified atom stereocenters. The van der Waals surface area contributed by atoms with Crippen LogP contribution in [0, 0.1) is 0 Å². The largest absolute Gasteiger partial charge is 0.316 e. The van der Waals surface area contributed by atoms with Gasteiger partial charge in [0, 0.05) is 17.8 Å².